The molecule has 0 atom stereocenters. The Balaban J connectivity index is 4.07. The third-order valence-electron chi connectivity index (χ3n) is 2.18. The van der Waals surface area contributed by atoms with Gasteiger partial charge in [0.25, 0.3) is 0 Å². The molecule has 0 saturated heterocycles. The Labute approximate surface area is 99.2 Å². The highest BCUT2D eigenvalue weighted by Gasteiger charge is 2.33. The van der Waals surface area contributed by atoms with E-state index >= 15 is 0 Å². The van der Waals surface area contributed by atoms with Crippen molar-refractivity contribution in [1.82, 2.24) is 0 Å². The van der Waals surface area contributed by atoms with Crippen molar-refractivity contribution in [3.05, 3.63) is 25.3 Å². The molecule has 0 spiro atoms. The van der Waals surface area contributed by atoms with Crippen LogP contribution in [0, 0.1) is 0 Å². The molecule has 0 N–H and O–H groups in total. The third-order valence-corrected chi connectivity index (χ3v) is 5.74. The van der Waals surface area contributed by atoms with Crippen LogP contribution in [0.1, 0.15) is 12.8 Å². The van der Waals surface area contributed by atoms with Crippen molar-refractivity contribution >= 4 is 20.2 Å². The molecular weight excluding hydrogens is 228 g/mol. The second-order valence-corrected chi connectivity index (χ2v) is 7.06. The van der Waals surface area contributed by atoms with Gasteiger partial charge in [-0.2, -0.15) is 0 Å². The Kier molecular flexibility index (Phi) is 9.10. The fourth-order valence-electron chi connectivity index (χ4n) is 1.32. The molecule has 0 radical (unpaired) electrons. The zero-order valence-electron chi connectivity index (χ0n) is 9.51. The van der Waals surface area contributed by atoms with Crippen molar-refractivity contribution in [1.29, 1.82) is 0 Å². The molecule has 0 heterocycles. The molecule has 0 bridgehead atoms. The lowest BCUT2D eigenvalue weighted by atomic mass is 10.4. The number of unbranched alkanes of at least 4 members (excludes halogenated alkanes) is 1. The normalized spacial score (nSPS) is 11.3. The monoisotopic (exact) mass is 248 g/mol. The van der Waals surface area contributed by atoms with Gasteiger partial charge in [-0.1, -0.05) is 12.2 Å². The van der Waals surface area contributed by atoms with Crippen molar-refractivity contribution in [3.63, 3.8) is 0 Å². The number of rotatable bonds is 10. The molecule has 2 nitrogen and oxygen atoms in total. The summed E-state index contributed by atoms with van der Waals surface area (Å²) < 4.78 is 11.4. The highest BCUT2D eigenvalue weighted by molar-refractivity contribution is 6.68. The highest BCUT2D eigenvalue weighted by atomic mass is 35.5. The topological polar surface area (TPSA) is 18.5 Å². The molecule has 4 heteroatoms. The maximum atomic E-state index is 5.88. The van der Waals surface area contributed by atoms with Crippen LogP contribution < -0.4 is 0 Å². The van der Waals surface area contributed by atoms with Gasteiger partial charge in [0.1, 0.15) is 0 Å². The Bertz CT molecular complexity index is 175. The largest absolute Gasteiger partial charge is 0.397 e. The van der Waals surface area contributed by atoms with Crippen molar-refractivity contribution in [3.8, 4) is 0 Å². The molecule has 0 aromatic heterocycles. The average molecular weight is 249 g/mol. The SMILES string of the molecule is C=CC[Si](CC=C)(OC)OCCCCCl. The molecule has 0 rings (SSSR count). The molecule has 0 unspecified atom stereocenters. The Morgan fingerprint density at radius 2 is 1.80 bits per heavy atom. The summed E-state index contributed by atoms with van der Waals surface area (Å²) in [6.07, 6.45) is 5.69. The lowest BCUT2D eigenvalue weighted by Crippen LogP contribution is -2.40. The molecule has 0 aliphatic rings. The quantitative estimate of drug-likeness (QED) is 0.255. The first-order valence-corrected chi connectivity index (χ1v) is 7.98. The van der Waals surface area contributed by atoms with Crippen molar-refractivity contribution in [2.75, 3.05) is 19.6 Å². The molecule has 88 valence electrons. The van der Waals surface area contributed by atoms with Gasteiger partial charge in [-0.25, -0.2) is 0 Å². The Morgan fingerprint density at radius 1 is 1.20 bits per heavy atom. The number of halogens is 1. The van der Waals surface area contributed by atoms with E-state index in [1.807, 2.05) is 12.2 Å². The van der Waals surface area contributed by atoms with Crippen LogP contribution in [0.5, 0.6) is 0 Å². The summed E-state index contributed by atoms with van der Waals surface area (Å²) in [6.45, 7) is 8.20. The van der Waals surface area contributed by atoms with Gasteiger partial charge in [0.05, 0.1) is 0 Å². The average Bonchev–Trinajstić information content (AvgIpc) is 2.25. The van der Waals surface area contributed by atoms with Crippen LogP contribution >= 0.6 is 11.6 Å². The van der Waals surface area contributed by atoms with Crippen molar-refractivity contribution in [2.45, 2.75) is 24.9 Å². The lowest BCUT2D eigenvalue weighted by Gasteiger charge is -2.27. The molecule has 15 heavy (non-hydrogen) atoms. The standard InChI is InChI=1S/C11H21ClO2Si/c1-4-10-15(13-3,11-5-2)14-9-7-6-8-12/h4-5H,1-2,6-11H2,3H3. The van der Waals surface area contributed by atoms with E-state index < -0.39 is 8.56 Å². The van der Waals surface area contributed by atoms with Crippen LogP contribution in [-0.4, -0.2) is 28.2 Å². The minimum Gasteiger partial charge on any atom is -0.397 e. The first-order chi connectivity index (χ1) is 7.24. The lowest BCUT2D eigenvalue weighted by molar-refractivity contribution is 0.200. The minimum absolute atomic E-state index is 0.688. The van der Waals surface area contributed by atoms with Crippen LogP contribution in [0.25, 0.3) is 0 Å². The van der Waals surface area contributed by atoms with E-state index in [1.54, 1.807) is 7.11 Å². The van der Waals surface area contributed by atoms with E-state index in [0.717, 1.165) is 24.9 Å². The zero-order chi connectivity index (χ0) is 11.6. The van der Waals surface area contributed by atoms with E-state index in [-0.39, 0.29) is 0 Å². The van der Waals surface area contributed by atoms with Gasteiger partial charge in [0.2, 0.25) is 0 Å². The predicted octanol–water partition coefficient (Wildman–Crippen LogP) is 3.48. The second-order valence-electron chi connectivity index (χ2n) is 3.34. The van der Waals surface area contributed by atoms with Gasteiger partial charge in [-0.15, -0.1) is 24.8 Å². The predicted molar refractivity (Wildman–Crippen MR) is 68.7 cm³/mol. The number of allylic oxidation sites excluding steroid dienone is 2. The zero-order valence-corrected chi connectivity index (χ0v) is 11.3. The summed E-state index contributed by atoms with van der Waals surface area (Å²) >= 11 is 5.60. The van der Waals surface area contributed by atoms with Gasteiger partial charge in [-0.05, 0) is 12.8 Å². The Hall–Kier alpha value is -0.0931. The molecule has 0 aliphatic carbocycles. The minimum atomic E-state index is -2.10. The smallest absolute Gasteiger partial charge is 0.345 e. The van der Waals surface area contributed by atoms with E-state index in [0.29, 0.717) is 12.5 Å². The van der Waals surface area contributed by atoms with Gasteiger partial charge < -0.3 is 8.85 Å². The summed E-state index contributed by atoms with van der Waals surface area (Å²) in [4.78, 5) is 0. The van der Waals surface area contributed by atoms with Gasteiger partial charge in [0, 0.05) is 31.7 Å². The second kappa shape index (κ2) is 9.16. The van der Waals surface area contributed by atoms with E-state index in [2.05, 4.69) is 13.2 Å². The summed E-state index contributed by atoms with van der Waals surface area (Å²) in [7, 11) is -0.390. The van der Waals surface area contributed by atoms with Crippen molar-refractivity contribution < 1.29 is 8.85 Å². The summed E-state index contributed by atoms with van der Waals surface area (Å²) in [5.41, 5.74) is 0. The van der Waals surface area contributed by atoms with E-state index in [4.69, 9.17) is 20.5 Å². The van der Waals surface area contributed by atoms with Crippen molar-refractivity contribution in [2.24, 2.45) is 0 Å². The van der Waals surface area contributed by atoms with Crippen LogP contribution in [0.2, 0.25) is 12.1 Å². The van der Waals surface area contributed by atoms with Gasteiger partial charge in [-0.3, -0.25) is 0 Å². The molecule has 0 aromatic carbocycles. The maximum absolute atomic E-state index is 5.88. The van der Waals surface area contributed by atoms with Crippen LogP contribution in [0.15, 0.2) is 25.3 Å². The molecule has 0 aromatic rings. The molecule has 0 fully saturated rings. The maximum Gasteiger partial charge on any atom is 0.345 e. The molecule has 0 aliphatic heterocycles. The summed E-state index contributed by atoms with van der Waals surface area (Å²) in [5.74, 6) is 0.688. The fourth-order valence-corrected chi connectivity index (χ4v) is 3.76. The number of hydrogen-bond donors (Lipinski definition) is 0. The highest BCUT2D eigenvalue weighted by Crippen LogP contribution is 2.19. The Morgan fingerprint density at radius 3 is 2.20 bits per heavy atom. The number of hydrogen-bond acceptors (Lipinski definition) is 2. The fraction of sp³-hybridized carbons (Fsp3) is 0.636. The van der Waals surface area contributed by atoms with Crippen LogP contribution in [0.4, 0.5) is 0 Å². The third kappa shape index (κ3) is 6.15. The first kappa shape index (κ1) is 14.9. The first-order valence-electron chi connectivity index (χ1n) is 5.21. The number of alkyl halides is 1. The summed E-state index contributed by atoms with van der Waals surface area (Å²) in [5, 5.41) is 0. The molecule has 0 amide bonds. The van der Waals surface area contributed by atoms with Crippen LogP contribution in [-0.2, 0) is 8.85 Å². The summed E-state index contributed by atoms with van der Waals surface area (Å²) in [6, 6.07) is 1.60. The van der Waals surface area contributed by atoms with E-state index in [1.165, 1.54) is 0 Å². The van der Waals surface area contributed by atoms with Gasteiger partial charge >= 0.3 is 8.56 Å². The molecular formula is C11H21ClO2Si. The van der Waals surface area contributed by atoms with E-state index in [9.17, 15) is 0 Å². The van der Waals surface area contributed by atoms with Gasteiger partial charge in [0.15, 0.2) is 0 Å². The van der Waals surface area contributed by atoms with Crippen LogP contribution in [0.3, 0.4) is 0 Å². The molecule has 0 saturated carbocycles.